The van der Waals surface area contributed by atoms with E-state index in [-0.39, 0.29) is 23.2 Å². The highest BCUT2D eigenvalue weighted by Gasteiger charge is 2.35. The van der Waals surface area contributed by atoms with Gasteiger partial charge in [-0.15, -0.1) is 0 Å². The Kier molecular flexibility index (Phi) is 7.23. The topological polar surface area (TPSA) is 67.1 Å². The highest BCUT2D eigenvalue weighted by atomic mass is 19.1. The van der Waals surface area contributed by atoms with Crippen LogP contribution in [0.4, 0.5) is 4.39 Å². The van der Waals surface area contributed by atoms with Gasteiger partial charge in [0.2, 0.25) is 6.10 Å². The number of halogens is 1. The largest absolute Gasteiger partial charge is 0.382 e. The van der Waals surface area contributed by atoms with Gasteiger partial charge in [0.25, 0.3) is 11.5 Å². The lowest BCUT2D eigenvalue weighted by atomic mass is 9.97. The van der Waals surface area contributed by atoms with Crippen LogP contribution >= 0.6 is 0 Å². The maximum atomic E-state index is 14.1. The Hall–Kier alpha value is -3.00. The van der Waals surface area contributed by atoms with Gasteiger partial charge >= 0.3 is 0 Å². The van der Waals surface area contributed by atoms with Crippen molar-refractivity contribution >= 4 is 11.6 Å². The van der Waals surface area contributed by atoms with E-state index < -0.39 is 6.10 Å². The van der Waals surface area contributed by atoms with Crippen molar-refractivity contribution in [3.05, 3.63) is 57.8 Å². The van der Waals surface area contributed by atoms with Crippen LogP contribution in [0.1, 0.15) is 50.8 Å². The molecule has 0 saturated carbocycles. The molecular weight excluding hydrogens is 459 g/mol. The number of rotatable bonds is 6. The third kappa shape index (κ3) is 5.09. The number of hydrogen-bond donors (Lipinski definition) is 0. The van der Waals surface area contributed by atoms with E-state index in [1.54, 1.807) is 17.0 Å². The zero-order valence-corrected chi connectivity index (χ0v) is 21.2. The van der Waals surface area contributed by atoms with E-state index in [1.165, 1.54) is 31.4 Å². The second-order valence-electron chi connectivity index (χ2n) is 10.4. The van der Waals surface area contributed by atoms with Gasteiger partial charge in [0.1, 0.15) is 5.82 Å². The molecule has 0 spiro atoms. The van der Waals surface area contributed by atoms with Crippen molar-refractivity contribution < 1.29 is 14.0 Å². The monoisotopic (exact) mass is 494 g/mol. The van der Waals surface area contributed by atoms with Crippen LogP contribution in [0.25, 0.3) is 11.1 Å². The number of piperidine rings is 1. The molecule has 0 bridgehead atoms. The summed E-state index contributed by atoms with van der Waals surface area (Å²) < 4.78 is 15.9. The van der Waals surface area contributed by atoms with Crippen LogP contribution in [0.2, 0.25) is 0 Å². The van der Waals surface area contributed by atoms with Gasteiger partial charge in [0.15, 0.2) is 0 Å². The molecule has 0 N–H and O–H groups in total. The number of oxime groups is 1. The number of fused-ring (bicyclic) bond motifs is 1. The molecule has 192 valence electrons. The summed E-state index contributed by atoms with van der Waals surface area (Å²) in [6, 6.07) is 8.04. The number of carbonyl (C=O) groups is 1. The zero-order valence-electron chi connectivity index (χ0n) is 21.2. The van der Waals surface area contributed by atoms with Gasteiger partial charge in [-0.2, -0.15) is 0 Å². The average Bonchev–Trinajstić information content (AvgIpc) is 3.39. The van der Waals surface area contributed by atoms with Crippen LogP contribution in [-0.2, 0) is 29.1 Å². The quantitative estimate of drug-likeness (QED) is 0.612. The van der Waals surface area contributed by atoms with Crippen molar-refractivity contribution in [2.75, 3.05) is 26.2 Å². The number of benzene rings is 1. The van der Waals surface area contributed by atoms with Crippen molar-refractivity contribution in [2.24, 2.45) is 11.1 Å². The van der Waals surface area contributed by atoms with Crippen LogP contribution < -0.4 is 5.56 Å². The Morgan fingerprint density at radius 2 is 1.94 bits per heavy atom. The lowest BCUT2D eigenvalue weighted by molar-refractivity contribution is -0.143. The smallest absolute Gasteiger partial charge is 0.267 e. The molecule has 7 nitrogen and oxygen atoms in total. The molecule has 0 radical (unpaired) electrons. The summed E-state index contributed by atoms with van der Waals surface area (Å²) in [5.41, 5.74) is 3.77. The molecule has 2 aromatic rings. The van der Waals surface area contributed by atoms with Crippen molar-refractivity contribution in [1.29, 1.82) is 0 Å². The van der Waals surface area contributed by atoms with E-state index in [2.05, 4.69) is 10.1 Å². The van der Waals surface area contributed by atoms with Gasteiger partial charge in [-0.25, -0.2) is 4.39 Å². The predicted octanol–water partition coefficient (Wildman–Crippen LogP) is 3.83. The minimum atomic E-state index is -0.586. The Morgan fingerprint density at radius 3 is 2.67 bits per heavy atom. The number of pyridine rings is 1. The summed E-state index contributed by atoms with van der Waals surface area (Å²) >= 11 is 0. The lowest BCUT2D eigenvalue weighted by Gasteiger charge is -2.33. The average molecular weight is 495 g/mol. The van der Waals surface area contributed by atoms with E-state index in [4.69, 9.17) is 4.84 Å². The van der Waals surface area contributed by atoms with Gasteiger partial charge in [-0.05, 0) is 61.2 Å². The molecule has 1 aromatic carbocycles. The SMILES string of the molecule is CC(C)C1=NO[C@@H](C(=O)N2CCc3c(cc(-c4cccc(F)c4)c(=O)n3CCN3CCCCC3)C2)C1. The summed E-state index contributed by atoms with van der Waals surface area (Å²) in [4.78, 5) is 36.6. The van der Waals surface area contributed by atoms with Gasteiger partial charge in [-0.1, -0.05) is 37.6 Å². The fourth-order valence-corrected chi connectivity index (χ4v) is 5.50. The molecule has 8 heteroatoms. The Labute approximate surface area is 211 Å². The number of nitrogens with zero attached hydrogens (tertiary/aromatic N) is 4. The first-order valence-corrected chi connectivity index (χ1v) is 13.2. The predicted molar refractivity (Wildman–Crippen MR) is 137 cm³/mol. The normalized spacial score (nSPS) is 20.3. The van der Waals surface area contributed by atoms with Crippen molar-refractivity contribution in [1.82, 2.24) is 14.4 Å². The second kappa shape index (κ2) is 10.5. The minimum absolute atomic E-state index is 0.0709. The number of likely N-dealkylation sites (tertiary alicyclic amines) is 1. The van der Waals surface area contributed by atoms with E-state index in [0.29, 0.717) is 43.6 Å². The molecular formula is C28H35FN4O3. The summed E-state index contributed by atoms with van der Waals surface area (Å²) in [6.45, 7) is 8.55. The first-order chi connectivity index (χ1) is 17.4. The standard InChI is InChI=1S/C28H35FN4O3/c1-19(2)24-17-26(36-30-24)28(35)32-12-9-25-21(18-32)16-23(20-7-6-8-22(29)15-20)27(34)33(25)14-13-31-10-4-3-5-11-31/h6-8,15-16,19,26H,3-5,9-14,17-18H2,1-2H3/t26-/m1/s1. The molecule has 1 amide bonds. The Balaban J connectivity index is 1.43. The molecule has 5 rings (SSSR count). The molecule has 3 aliphatic rings. The van der Waals surface area contributed by atoms with Crippen LogP contribution in [0.3, 0.4) is 0 Å². The summed E-state index contributed by atoms with van der Waals surface area (Å²) in [7, 11) is 0. The number of aromatic nitrogens is 1. The molecule has 4 heterocycles. The molecule has 1 atom stereocenters. The Morgan fingerprint density at radius 1 is 1.14 bits per heavy atom. The fraction of sp³-hybridized carbons (Fsp3) is 0.536. The third-order valence-electron chi connectivity index (χ3n) is 7.64. The van der Waals surface area contributed by atoms with Gasteiger partial charge in [0.05, 0.1) is 5.71 Å². The maximum Gasteiger partial charge on any atom is 0.267 e. The lowest BCUT2D eigenvalue weighted by Crippen LogP contribution is -2.44. The number of amides is 1. The van der Waals surface area contributed by atoms with E-state index >= 15 is 0 Å². The minimum Gasteiger partial charge on any atom is -0.382 e. The van der Waals surface area contributed by atoms with Gasteiger partial charge < -0.3 is 19.2 Å². The summed E-state index contributed by atoms with van der Waals surface area (Å²) in [5.74, 6) is -0.202. The van der Waals surface area contributed by atoms with Gasteiger partial charge in [0, 0.05) is 50.3 Å². The van der Waals surface area contributed by atoms with E-state index in [1.807, 2.05) is 24.5 Å². The van der Waals surface area contributed by atoms with E-state index in [9.17, 15) is 14.0 Å². The zero-order chi connectivity index (χ0) is 25.2. The first kappa shape index (κ1) is 24.7. The molecule has 1 fully saturated rings. The van der Waals surface area contributed by atoms with E-state index in [0.717, 1.165) is 36.6 Å². The van der Waals surface area contributed by atoms with Gasteiger partial charge in [-0.3, -0.25) is 9.59 Å². The highest BCUT2D eigenvalue weighted by Crippen LogP contribution is 2.26. The molecule has 0 aliphatic carbocycles. The van der Waals surface area contributed by atoms with Crippen LogP contribution in [0.5, 0.6) is 0 Å². The third-order valence-corrected chi connectivity index (χ3v) is 7.64. The van der Waals surface area contributed by atoms with Crippen molar-refractivity contribution in [3.63, 3.8) is 0 Å². The van der Waals surface area contributed by atoms with Crippen molar-refractivity contribution in [2.45, 2.75) is 65.1 Å². The highest BCUT2D eigenvalue weighted by molar-refractivity contribution is 5.93. The number of hydrogen-bond acceptors (Lipinski definition) is 5. The maximum absolute atomic E-state index is 14.1. The first-order valence-electron chi connectivity index (χ1n) is 13.2. The molecule has 3 aliphatic heterocycles. The second-order valence-corrected chi connectivity index (χ2v) is 10.4. The molecule has 1 saturated heterocycles. The number of carbonyl (C=O) groups excluding carboxylic acids is 1. The Bertz CT molecular complexity index is 1220. The van der Waals surface area contributed by atoms with Crippen LogP contribution in [0, 0.1) is 11.7 Å². The summed E-state index contributed by atoms with van der Waals surface area (Å²) in [6.07, 6.45) is 4.18. The molecule has 36 heavy (non-hydrogen) atoms. The van der Waals surface area contributed by atoms with Crippen LogP contribution in [0.15, 0.2) is 40.3 Å². The molecule has 0 unspecified atom stereocenters. The molecule has 1 aromatic heterocycles. The fourth-order valence-electron chi connectivity index (χ4n) is 5.50. The van der Waals surface area contributed by atoms with Crippen LogP contribution in [-0.4, -0.2) is 58.3 Å². The summed E-state index contributed by atoms with van der Waals surface area (Å²) in [5, 5.41) is 4.12. The van der Waals surface area contributed by atoms with Crippen molar-refractivity contribution in [3.8, 4) is 11.1 Å².